The minimum absolute atomic E-state index is 0.0000926. The molecule has 3 heteroatoms. The molecular weight excluding hydrogens is 249 g/mol. The molecule has 0 spiro atoms. The molecule has 0 N–H and O–H groups in total. The summed E-state index contributed by atoms with van der Waals surface area (Å²) in [5.74, 6) is -0.0000926. The molecule has 13 heavy (non-hydrogen) atoms. The Morgan fingerprint density at radius 1 is 1.46 bits per heavy atom. The van der Waals surface area contributed by atoms with Crippen LogP contribution in [0, 0.1) is 17.2 Å². The summed E-state index contributed by atoms with van der Waals surface area (Å²) >= 11 is 9.25. The molecule has 1 unspecified atom stereocenters. The zero-order valence-electron chi connectivity index (χ0n) is 7.00. The average Bonchev–Trinajstić information content (AvgIpc) is 2.17. The van der Waals surface area contributed by atoms with Crippen LogP contribution in [0.5, 0.6) is 0 Å². The molecule has 0 amide bonds. The van der Waals surface area contributed by atoms with Crippen molar-refractivity contribution in [3.63, 3.8) is 0 Å². The van der Waals surface area contributed by atoms with Crippen LogP contribution in [-0.4, -0.2) is 5.33 Å². The second kappa shape index (κ2) is 5.26. The van der Waals surface area contributed by atoms with Gasteiger partial charge in [-0.05, 0) is 18.1 Å². The van der Waals surface area contributed by atoms with Gasteiger partial charge in [0.05, 0.1) is 12.0 Å². The van der Waals surface area contributed by atoms with E-state index in [0.29, 0.717) is 11.8 Å². The quantitative estimate of drug-likeness (QED) is 0.762. The fraction of sp³-hybridized carbons (Fsp3) is 0.300. The van der Waals surface area contributed by atoms with Crippen LogP contribution in [-0.2, 0) is 6.42 Å². The van der Waals surface area contributed by atoms with E-state index in [-0.39, 0.29) is 5.92 Å². The topological polar surface area (TPSA) is 23.8 Å². The molecule has 0 aliphatic carbocycles. The van der Waals surface area contributed by atoms with E-state index in [0.717, 1.165) is 10.6 Å². The number of hydrogen-bond donors (Lipinski definition) is 0. The van der Waals surface area contributed by atoms with Crippen molar-refractivity contribution in [3.05, 3.63) is 34.9 Å². The summed E-state index contributed by atoms with van der Waals surface area (Å²) in [6, 6.07) is 9.85. The minimum atomic E-state index is -0.0000926. The Kier molecular flexibility index (Phi) is 4.27. The predicted molar refractivity (Wildman–Crippen MR) is 58.1 cm³/mol. The van der Waals surface area contributed by atoms with Crippen LogP contribution in [0.1, 0.15) is 5.56 Å². The van der Waals surface area contributed by atoms with Crippen LogP contribution in [0.2, 0.25) is 5.02 Å². The molecule has 1 rings (SSSR count). The standard InChI is InChI=1S/C10H9BrClN/c11-6-8(7-13)5-9-3-1-2-4-10(9)12/h1-4,8H,5-6H2. The van der Waals surface area contributed by atoms with Crippen LogP contribution in [0.25, 0.3) is 0 Å². The van der Waals surface area contributed by atoms with E-state index < -0.39 is 0 Å². The first-order chi connectivity index (χ1) is 6.27. The third kappa shape index (κ3) is 3.02. The summed E-state index contributed by atoms with van der Waals surface area (Å²) < 4.78 is 0. The first-order valence-corrected chi connectivity index (χ1v) is 5.47. The molecule has 1 nitrogen and oxygen atoms in total. The van der Waals surface area contributed by atoms with Gasteiger partial charge in [-0.1, -0.05) is 45.7 Å². The first-order valence-electron chi connectivity index (χ1n) is 3.97. The summed E-state index contributed by atoms with van der Waals surface area (Å²) in [4.78, 5) is 0. The van der Waals surface area contributed by atoms with Crippen molar-refractivity contribution in [3.8, 4) is 6.07 Å². The number of rotatable bonds is 3. The Bertz CT molecular complexity index is 319. The van der Waals surface area contributed by atoms with Crippen LogP contribution in [0.4, 0.5) is 0 Å². The number of alkyl halides is 1. The molecule has 1 aromatic rings. The highest BCUT2D eigenvalue weighted by molar-refractivity contribution is 9.09. The minimum Gasteiger partial charge on any atom is -0.198 e. The monoisotopic (exact) mass is 257 g/mol. The van der Waals surface area contributed by atoms with E-state index in [4.69, 9.17) is 16.9 Å². The van der Waals surface area contributed by atoms with Crippen LogP contribution in [0.15, 0.2) is 24.3 Å². The Balaban J connectivity index is 2.74. The van der Waals surface area contributed by atoms with Gasteiger partial charge < -0.3 is 0 Å². The normalized spacial score (nSPS) is 12.1. The smallest absolute Gasteiger partial charge is 0.0668 e. The van der Waals surface area contributed by atoms with Gasteiger partial charge in [-0.15, -0.1) is 0 Å². The molecule has 0 saturated carbocycles. The average molecular weight is 259 g/mol. The zero-order chi connectivity index (χ0) is 9.68. The molecule has 0 aliphatic heterocycles. The summed E-state index contributed by atoms with van der Waals surface area (Å²) in [6.07, 6.45) is 0.710. The summed E-state index contributed by atoms with van der Waals surface area (Å²) in [5, 5.41) is 10.2. The lowest BCUT2D eigenvalue weighted by molar-refractivity contribution is 0.756. The molecule has 0 bridgehead atoms. The lowest BCUT2D eigenvalue weighted by Gasteiger charge is -2.06. The van der Waals surface area contributed by atoms with Gasteiger partial charge in [0.2, 0.25) is 0 Å². The third-order valence-electron chi connectivity index (χ3n) is 1.79. The molecular formula is C10H9BrClN. The molecule has 0 aliphatic rings. The number of nitriles is 1. The molecule has 0 fully saturated rings. The van der Waals surface area contributed by atoms with Crippen molar-refractivity contribution in [2.24, 2.45) is 5.92 Å². The summed E-state index contributed by atoms with van der Waals surface area (Å²) in [7, 11) is 0. The van der Waals surface area contributed by atoms with Crippen molar-refractivity contribution in [1.82, 2.24) is 0 Å². The predicted octanol–water partition coefficient (Wildman–Crippen LogP) is 3.42. The number of halogens is 2. The van der Waals surface area contributed by atoms with Crippen molar-refractivity contribution < 1.29 is 0 Å². The molecule has 0 aromatic heterocycles. The second-order valence-electron chi connectivity index (χ2n) is 2.78. The van der Waals surface area contributed by atoms with Gasteiger partial charge >= 0.3 is 0 Å². The van der Waals surface area contributed by atoms with Gasteiger partial charge in [0.15, 0.2) is 0 Å². The molecule has 1 aromatic carbocycles. The van der Waals surface area contributed by atoms with Crippen molar-refractivity contribution >= 4 is 27.5 Å². The molecule has 0 heterocycles. The van der Waals surface area contributed by atoms with Crippen LogP contribution >= 0.6 is 27.5 Å². The summed E-state index contributed by atoms with van der Waals surface area (Å²) in [6.45, 7) is 0. The van der Waals surface area contributed by atoms with Gasteiger partial charge in [0.25, 0.3) is 0 Å². The van der Waals surface area contributed by atoms with Crippen molar-refractivity contribution in [1.29, 1.82) is 5.26 Å². The van der Waals surface area contributed by atoms with Gasteiger partial charge in [-0.2, -0.15) is 5.26 Å². The van der Waals surface area contributed by atoms with E-state index in [1.165, 1.54) is 0 Å². The van der Waals surface area contributed by atoms with Crippen LogP contribution < -0.4 is 0 Å². The van der Waals surface area contributed by atoms with Gasteiger partial charge in [0.1, 0.15) is 0 Å². The second-order valence-corrected chi connectivity index (χ2v) is 3.83. The molecule has 0 saturated heterocycles. The van der Waals surface area contributed by atoms with Crippen molar-refractivity contribution in [2.45, 2.75) is 6.42 Å². The van der Waals surface area contributed by atoms with E-state index >= 15 is 0 Å². The first kappa shape index (κ1) is 10.6. The lowest BCUT2D eigenvalue weighted by Crippen LogP contribution is -2.03. The Labute approximate surface area is 91.5 Å². The van der Waals surface area contributed by atoms with E-state index in [1.54, 1.807) is 0 Å². The zero-order valence-corrected chi connectivity index (χ0v) is 9.35. The maximum atomic E-state index is 8.76. The maximum Gasteiger partial charge on any atom is 0.0668 e. The van der Waals surface area contributed by atoms with Gasteiger partial charge in [0, 0.05) is 10.4 Å². The fourth-order valence-corrected chi connectivity index (χ4v) is 1.65. The number of nitrogens with zero attached hydrogens (tertiary/aromatic N) is 1. The number of benzene rings is 1. The Morgan fingerprint density at radius 2 is 2.15 bits per heavy atom. The van der Waals surface area contributed by atoms with Crippen molar-refractivity contribution in [2.75, 3.05) is 5.33 Å². The third-order valence-corrected chi connectivity index (χ3v) is 2.94. The highest BCUT2D eigenvalue weighted by Gasteiger charge is 2.08. The number of hydrogen-bond acceptors (Lipinski definition) is 1. The molecule has 0 radical (unpaired) electrons. The fourth-order valence-electron chi connectivity index (χ4n) is 1.06. The Morgan fingerprint density at radius 3 is 2.69 bits per heavy atom. The molecule has 1 atom stereocenters. The highest BCUT2D eigenvalue weighted by atomic mass is 79.9. The van der Waals surface area contributed by atoms with Gasteiger partial charge in [-0.3, -0.25) is 0 Å². The summed E-state index contributed by atoms with van der Waals surface area (Å²) in [5.41, 5.74) is 1.04. The largest absolute Gasteiger partial charge is 0.198 e. The van der Waals surface area contributed by atoms with E-state index in [2.05, 4.69) is 22.0 Å². The lowest BCUT2D eigenvalue weighted by atomic mass is 10.0. The highest BCUT2D eigenvalue weighted by Crippen LogP contribution is 2.19. The SMILES string of the molecule is N#CC(CBr)Cc1ccccc1Cl. The maximum absolute atomic E-state index is 8.76. The van der Waals surface area contributed by atoms with Gasteiger partial charge in [-0.25, -0.2) is 0 Å². The molecule has 68 valence electrons. The Hall–Kier alpha value is -0.520. The van der Waals surface area contributed by atoms with E-state index in [9.17, 15) is 0 Å². The van der Waals surface area contributed by atoms with E-state index in [1.807, 2.05) is 24.3 Å². The van der Waals surface area contributed by atoms with Crippen LogP contribution in [0.3, 0.4) is 0 Å².